The van der Waals surface area contributed by atoms with Gasteiger partial charge in [0.05, 0.1) is 26.8 Å². The number of aromatic nitrogens is 1. The van der Waals surface area contributed by atoms with Gasteiger partial charge in [-0.1, -0.05) is 47.5 Å². The second-order valence-corrected chi connectivity index (χ2v) is 6.98. The Bertz CT molecular complexity index is 1190. The van der Waals surface area contributed by atoms with Gasteiger partial charge in [0.1, 0.15) is 5.82 Å². The fraction of sp³-hybridized carbons (Fsp3) is 0. The van der Waals surface area contributed by atoms with Crippen molar-refractivity contribution in [1.29, 1.82) is 0 Å². The van der Waals surface area contributed by atoms with E-state index in [0.717, 1.165) is 5.56 Å². The number of amides is 1. The van der Waals surface area contributed by atoms with Crippen molar-refractivity contribution >= 4 is 45.7 Å². The normalized spacial score (nSPS) is 10.8. The van der Waals surface area contributed by atoms with Gasteiger partial charge < -0.3 is 5.32 Å². The zero-order chi connectivity index (χ0) is 19.7. The Kier molecular flexibility index (Phi) is 4.99. The molecule has 0 spiro atoms. The summed E-state index contributed by atoms with van der Waals surface area (Å²) in [6, 6.07) is 19.9. The number of nitrogens with zero attached hydrogens (tertiary/aromatic N) is 1. The topological polar surface area (TPSA) is 42.0 Å². The van der Waals surface area contributed by atoms with Crippen LogP contribution in [0.2, 0.25) is 10.0 Å². The minimum absolute atomic E-state index is 0.313. The molecule has 6 heteroatoms. The molecule has 0 unspecified atom stereocenters. The molecule has 1 heterocycles. The smallest absolute Gasteiger partial charge is 0.256 e. The number of anilines is 1. The van der Waals surface area contributed by atoms with Crippen LogP contribution in [0.5, 0.6) is 0 Å². The maximum atomic E-state index is 13.1. The molecule has 1 aromatic heterocycles. The average Bonchev–Trinajstić information content (AvgIpc) is 2.71. The maximum Gasteiger partial charge on any atom is 0.256 e. The number of para-hydroxylation sites is 1. The largest absolute Gasteiger partial charge is 0.322 e. The molecule has 0 saturated heterocycles. The molecule has 0 atom stereocenters. The quantitative estimate of drug-likeness (QED) is 0.413. The molecule has 0 saturated carbocycles. The summed E-state index contributed by atoms with van der Waals surface area (Å²) >= 11 is 12.1. The summed E-state index contributed by atoms with van der Waals surface area (Å²) < 4.78 is 13.1. The van der Waals surface area contributed by atoms with Crippen molar-refractivity contribution in [3.8, 4) is 11.3 Å². The highest BCUT2D eigenvalue weighted by Gasteiger charge is 2.15. The first-order chi connectivity index (χ1) is 13.5. The number of hydrogen-bond donors (Lipinski definition) is 1. The molecule has 1 N–H and O–H groups in total. The first-order valence-corrected chi connectivity index (χ1v) is 9.19. The molecule has 0 fully saturated rings. The Morgan fingerprint density at radius 3 is 2.39 bits per heavy atom. The number of nitrogens with one attached hydrogen (secondary N) is 1. The zero-order valence-electron chi connectivity index (χ0n) is 14.4. The van der Waals surface area contributed by atoms with E-state index in [4.69, 9.17) is 23.2 Å². The Labute approximate surface area is 170 Å². The highest BCUT2D eigenvalue weighted by Crippen LogP contribution is 2.30. The number of fused-ring (bicyclic) bond motifs is 1. The van der Waals surface area contributed by atoms with E-state index < -0.39 is 0 Å². The number of carbonyl (C=O) groups is 1. The van der Waals surface area contributed by atoms with Gasteiger partial charge in [0.2, 0.25) is 0 Å². The van der Waals surface area contributed by atoms with Crippen molar-refractivity contribution < 1.29 is 9.18 Å². The lowest BCUT2D eigenvalue weighted by atomic mass is 10.0. The first-order valence-electron chi connectivity index (χ1n) is 8.43. The van der Waals surface area contributed by atoms with Gasteiger partial charge in [0.15, 0.2) is 0 Å². The molecular formula is C22H13Cl2FN2O. The van der Waals surface area contributed by atoms with Gasteiger partial charge in [-0.2, -0.15) is 0 Å². The fourth-order valence-corrected chi connectivity index (χ4v) is 3.20. The Morgan fingerprint density at radius 1 is 0.893 bits per heavy atom. The SMILES string of the molecule is O=C(Nc1ccc(F)cc1)c1cc(-c2ccc(Cl)c(Cl)c2)nc2ccccc12. The van der Waals surface area contributed by atoms with Crippen molar-refractivity contribution in [2.45, 2.75) is 0 Å². The molecule has 0 aliphatic carbocycles. The Balaban J connectivity index is 1.80. The minimum Gasteiger partial charge on any atom is -0.322 e. The third-order valence-corrected chi connectivity index (χ3v) is 5.02. The average molecular weight is 411 g/mol. The molecule has 3 aromatic carbocycles. The summed E-state index contributed by atoms with van der Waals surface area (Å²) in [5.74, 6) is -0.680. The second kappa shape index (κ2) is 7.58. The lowest BCUT2D eigenvalue weighted by Gasteiger charge is -2.11. The summed E-state index contributed by atoms with van der Waals surface area (Å²) in [4.78, 5) is 17.6. The Hall–Kier alpha value is -2.95. The van der Waals surface area contributed by atoms with Crippen molar-refractivity contribution in [3.05, 3.63) is 94.2 Å². The van der Waals surface area contributed by atoms with Gasteiger partial charge in [0.25, 0.3) is 5.91 Å². The summed E-state index contributed by atoms with van der Waals surface area (Å²) in [5, 5.41) is 4.36. The minimum atomic E-state index is -0.366. The molecule has 138 valence electrons. The molecular weight excluding hydrogens is 398 g/mol. The summed E-state index contributed by atoms with van der Waals surface area (Å²) in [7, 11) is 0. The van der Waals surface area contributed by atoms with Gasteiger partial charge in [-0.25, -0.2) is 9.37 Å². The van der Waals surface area contributed by atoms with Crippen LogP contribution in [0.4, 0.5) is 10.1 Å². The van der Waals surface area contributed by atoms with E-state index in [-0.39, 0.29) is 11.7 Å². The lowest BCUT2D eigenvalue weighted by Crippen LogP contribution is -2.13. The second-order valence-electron chi connectivity index (χ2n) is 6.16. The lowest BCUT2D eigenvalue weighted by molar-refractivity contribution is 0.102. The maximum absolute atomic E-state index is 13.1. The van der Waals surface area contributed by atoms with Gasteiger partial charge in [-0.15, -0.1) is 0 Å². The predicted octanol–water partition coefficient (Wildman–Crippen LogP) is 6.60. The van der Waals surface area contributed by atoms with Crippen LogP contribution in [0.25, 0.3) is 22.2 Å². The summed E-state index contributed by atoms with van der Waals surface area (Å²) in [5.41, 5.74) is 2.98. The van der Waals surface area contributed by atoms with Crippen molar-refractivity contribution in [2.24, 2.45) is 0 Å². The molecule has 0 aliphatic heterocycles. The van der Waals surface area contributed by atoms with Crippen molar-refractivity contribution in [2.75, 3.05) is 5.32 Å². The van der Waals surface area contributed by atoms with Gasteiger partial charge >= 0.3 is 0 Å². The predicted molar refractivity (Wildman–Crippen MR) is 112 cm³/mol. The first kappa shape index (κ1) is 18.4. The summed E-state index contributed by atoms with van der Waals surface area (Å²) in [6.07, 6.45) is 0. The van der Waals surface area contributed by atoms with E-state index >= 15 is 0 Å². The van der Waals surface area contributed by atoms with Crippen LogP contribution in [0.3, 0.4) is 0 Å². The molecule has 0 aliphatic rings. The highest BCUT2D eigenvalue weighted by molar-refractivity contribution is 6.42. The van der Waals surface area contributed by atoms with Crippen LogP contribution in [0.1, 0.15) is 10.4 Å². The van der Waals surface area contributed by atoms with E-state index in [1.807, 2.05) is 24.3 Å². The van der Waals surface area contributed by atoms with Crippen LogP contribution < -0.4 is 5.32 Å². The molecule has 3 nitrogen and oxygen atoms in total. The van der Waals surface area contributed by atoms with Crippen LogP contribution in [-0.4, -0.2) is 10.9 Å². The van der Waals surface area contributed by atoms with Crippen LogP contribution in [0.15, 0.2) is 72.8 Å². The third kappa shape index (κ3) is 3.70. The van der Waals surface area contributed by atoms with Crippen LogP contribution in [-0.2, 0) is 0 Å². The van der Waals surface area contributed by atoms with Gasteiger partial charge in [-0.3, -0.25) is 4.79 Å². The number of hydrogen-bond acceptors (Lipinski definition) is 2. The molecule has 28 heavy (non-hydrogen) atoms. The van der Waals surface area contributed by atoms with E-state index in [9.17, 15) is 9.18 Å². The van der Waals surface area contributed by atoms with E-state index in [1.54, 1.807) is 24.3 Å². The molecule has 4 aromatic rings. The molecule has 1 amide bonds. The highest BCUT2D eigenvalue weighted by atomic mass is 35.5. The van der Waals surface area contributed by atoms with Crippen molar-refractivity contribution in [3.63, 3.8) is 0 Å². The Morgan fingerprint density at radius 2 is 1.64 bits per heavy atom. The van der Waals surface area contributed by atoms with E-state index in [2.05, 4.69) is 10.3 Å². The zero-order valence-corrected chi connectivity index (χ0v) is 15.9. The van der Waals surface area contributed by atoms with Crippen LogP contribution >= 0.6 is 23.2 Å². The van der Waals surface area contributed by atoms with Crippen molar-refractivity contribution in [1.82, 2.24) is 4.98 Å². The number of carbonyl (C=O) groups excluding carboxylic acids is 1. The monoisotopic (exact) mass is 410 g/mol. The number of pyridine rings is 1. The molecule has 0 radical (unpaired) electrons. The fourth-order valence-electron chi connectivity index (χ4n) is 2.90. The number of benzene rings is 3. The van der Waals surface area contributed by atoms with Gasteiger partial charge in [-0.05, 0) is 48.5 Å². The number of halogens is 3. The van der Waals surface area contributed by atoms with E-state index in [0.29, 0.717) is 37.9 Å². The third-order valence-electron chi connectivity index (χ3n) is 4.28. The standard InChI is InChI=1S/C22H13Cl2FN2O/c23-18-10-5-13(11-19(18)24)21-12-17(16-3-1-2-4-20(16)27-21)22(28)26-15-8-6-14(25)7-9-15/h1-12H,(H,26,28). The molecule has 4 rings (SSSR count). The summed E-state index contributed by atoms with van der Waals surface area (Å²) in [6.45, 7) is 0. The molecule has 0 bridgehead atoms. The van der Waals surface area contributed by atoms with Crippen LogP contribution in [0, 0.1) is 5.82 Å². The number of rotatable bonds is 3. The van der Waals surface area contributed by atoms with Gasteiger partial charge in [0, 0.05) is 16.6 Å². The van der Waals surface area contributed by atoms with E-state index in [1.165, 1.54) is 24.3 Å².